The van der Waals surface area contributed by atoms with E-state index in [1.165, 1.54) is 0 Å². The van der Waals surface area contributed by atoms with Crippen molar-refractivity contribution in [1.82, 2.24) is 5.32 Å². The second-order valence-electron chi connectivity index (χ2n) is 3.54. The molecule has 1 unspecified atom stereocenters. The molecule has 0 spiro atoms. The smallest absolute Gasteiger partial charge is 0.410 e. The van der Waals surface area contributed by atoms with Gasteiger partial charge in [0.2, 0.25) is 0 Å². The predicted molar refractivity (Wildman–Crippen MR) is 60.0 cm³/mol. The van der Waals surface area contributed by atoms with Crippen LogP contribution >= 0.6 is 0 Å². The molecule has 0 radical (unpaired) electrons. The summed E-state index contributed by atoms with van der Waals surface area (Å²) in [6.45, 7) is 4.05. The van der Waals surface area contributed by atoms with Crippen LogP contribution in [0.4, 0.5) is 4.79 Å². The van der Waals surface area contributed by atoms with Gasteiger partial charge in [0.1, 0.15) is 5.75 Å². The maximum Gasteiger partial charge on any atom is 0.412 e. The van der Waals surface area contributed by atoms with Crippen molar-refractivity contribution in [3.63, 3.8) is 0 Å². The van der Waals surface area contributed by atoms with Gasteiger partial charge in [-0.3, -0.25) is 0 Å². The number of carbonyl (C=O) groups is 1. The fraction of sp³-hybridized carbons (Fsp3) is 0.417. The minimum atomic E-state index is -0.387. The molecule has 1 amide bonds. The van der Waals surface area contributed by atoms with E-state index in [0.29, 0.717) is 5.75 Å². The molecular weight excluding hydrogens is 190 g/mol. The normalized spacial score (nSPS) is 11.9. The van der Waals surface area contributed by atoms with Crippen molar-refractivity contribution in [3.8, 4) is 5.75 Å². The quantitative estimate of drug-likeness (QED) is 0.824. The molecule has 0 aromatic heterocycles. The Bertz CT molecular complexity index is 298. The first kappa shape index (κ1) is 11.6. The molecule has 0 saturated carbocycles. The van der Waals surface area contributed by atoms with Crippen molar-refractivity contribution in [2.75, 3.05) is 0 Å². The molecule has 0 bridgehead atoms. The zero-order valence-corrected chi connectivity index (χ0v) is 9.19. The van der Waals surface area contributed by atoms with E-state index in [4.69, 9.17) is 4.74 Å². The average Bonchev–Trinajstić information content (AvgIpc) is 2.19. The van der Waals surface area contributed by atoms with Gasteiger partial charge in [0.25, 0.3) is 0 Å². The van der Waals surface area contributed by atoms with Gasteiger partial charge in [-0.15, -0.1) is 0 Å². The van der Waals surface area contributed by atoms with Gasteiger partial charge < -0.3 is 10.1 Å². The Morgan fingerprint density at radius 1 is 1.40 bits per heavy atom. The first-order chi connectivity index (χ1) is 7.22. The summed E-state index contributed by atoms with van der Waals surface area (Å²) < 4.78 is 5.08. The SMILES string of the molecule is CCCC(C)NC(=O)Oc1ccccc1. The number of hydrogen-bond acceptors (Lipinski definition) is 2. The van der Waals surface area contributed by atoms with Crippen LogP contribution in [-0.2, 0) is 0 Å². The lowest BCUT2D eigenvalue weighted by Gasteiger charge is -2.12. The highest BCUT2D eigenvalue weighted by Gasteiger charge is 2.07. The van der Waals surface area contributed by atoms with Gasteiger partial charge in [-0.05, 0) is 25.5 Å². The van der Waals surface area contributed by atoms with Gasteiger partial charge in [0.15, 0.2) is 0 Å². The van der Waals surface area contributed by atoms with Crippen molar-refractivity contribution in [1.29, 1.82) is 0 Å². The minimum Gasteiger partial charge on any atom is -0.410 e. The summed E-state index contributed by atoms with van der Waals surface area (Å²) in [5, 5.41) is 2.77. The van der Waals surface area contributed by atoms with Crippen molar-refractivity contribution in [3.05, 3.63) is 30.3 Å². The van der Waals surface area contributed by atoms with E-state index >= 15 is 0 Å². The molecule has 0 fully saturated rings. The topological polar surface area (TPSA) is 38.3 Å². The second kappa shape index (κ2) is 6.06. The van der Waals surface area contributed by atoms with Gasteiger partial charge in [0.05, 0.1) is 0 Å². The van der Waals surface area contributed by atoms with E-state index in [1.54, 1.807) is 12.1 Å². The summed E-state index contributed by atoms with van der Waals surface area (Å²) in [5.74, 6) is 0.568. The molecule has 0 heterocycles. The molecule has 15 heavy (non-hydrogen) atoms. The summed E-state index contributed by atoms with van der Waals surface area (Å²) >= 11 is 0. The summed E-state index contributed by atoms with van der Waals surface area (Å²) in [5.41, 5.74) is 0. The number of carbonyl (C=O) groups excluding carboxylic acids is 1. The molecule has 1 aromatic carbocycles. The van der Waals surface area contributed by atoms with E-state index in [2.05, 4.69) is 12.2 Å². The maximum absolute atomic E-state index is 11.4. The lowest BCUT2D eigenvalue weighted by atomic mass is 10.2. The first-order valence-corrected chi connectivity index (χ1v) is 5.25. The predicted octanol–water partition coefficient (Wildman–Crippen LogP) is 2.96. The number of nitrogens with one attached hydrogen (secondary N) is 1. The van der Waals surface area contributed by atoms with E-state index in [-0.39, 0.29) is 12.1 Å². The van der Waals surface area contributed by atoms with Gasteiger partial charge in [0, 0.05) is 6.04 Å². The van der Waals surface area contributed by atoms with Crippen LogP contribution < -0.4 is 10.1 Å². The van der Waals surface area contributed by atoms with Crippen LogP contribution in [0.15, 0.2) is 30.3 Å². The summed E-state index contributed by atoms with van der Waals surface area (Å²) in [7, 11) is 0. The van der Waals surface area contributed by atoms with Crippen molar-refractivity contribution < 1.29 is 9.53 Å². The Morgan fingerprint density at radius 3 is 2.67 bits per heavy atom. The molecule has 1 rings (SSSR count). The third-order valence-corrected chi connectivity index (χ3v) is 2.04. The largest absolute Gasteiger partial charge is 0.412 e. The third kappa shape index (κ3) is 4.49. The Kier molecular flexibility index (Phi) is 4.68. The van der Waals surface area contributed by atoms with E-state index in [1.807, 2.05) is 25.1 Å². The van der Waals surface area contributed by atoms with E-state index in [9.17, 15) is 4.79 Å². The van der Waals surface area contributed by atoms with Crippen LogP contribution in [0.3, 0.4) is 0 Å². The third-order valence-electron chi connectivity index (χ3n) is 2.04. The first-order valence-electron chi connectivity index (χ1n) is 5.25. The second-order valence-corrected chi connectivity index (χ2v) is 3.54. The molecule has 3 heteroatoms. The number of para-hydroxylation sites is 1. The molecule has 0 aliphatic carbocycles. The van der Waals surface area contributed by atoms with Crippen LogP contribution in [0.25, 0.3) is 0 Å². The molecule has 1 aromatic rings. The molecule has 0 aliphatic rings. The number of amides is 1. The molecule has 0 saturated heterocycles. The van der Waals surface area contributed by atoms with Crippen LogP contribution in [0.2, 0.25) is 0 Å². The van der Waals surface area contributed by atoms with E-state index < -0.39 is 0 Å². The molecule has 82 valence electrons. The Balaban J connectivity index is 2.36. The monoisotopic (exact) mass is 207 g/mol. The standard InChI is InChI=1S/C12H17NO2/c1-3-7-10(2)13-12(14)15-11-8-5-4-6-9-11/h4-6,8-10H,3,7H2,1-2H3,(H,13,14). The van der Waals surface area contributed by atoms with Gasteiger partial charge in [-0.2, -0.15) is 0 Å². The molecule has 3 nitrogen and oxygen atoms in total. The van der Waals surface area contributed by atoms with Crippen LogP contribution in [0.1, 0.15) is 26.7 Å². The number of hydrogen-bond donors (Lipinski definition) is 1. The zero-order valence-electron chi connectivity index (χ0n) is 9.19. The Hall–Kier alpha value is -1.51. The van der Waals surface area contributed by atoms with Crippen molar-refractivity contribution in [2.45, 2.75) is 32.7 Å². The average molecular weight is 207 g/mol. The summed E-state index contributed by atoms with van der Waals surface area (Å²) in [6, 6.07) is 9.21. The van der Waals surface area contributed by atoms with E-state index in [0.717, 1.165) is 12.8 Å². The van der Waals surface area contributed by atoms with Gasteiger partial charge >= 0.3 is 6.09 Å². The molecule has 0 aliphatic heterocycles. The lowest BCUT2D eigenvalue weighted by molar-refractivity contribution is 0.196. The highest BCUT2D eigenvalue weighted by molar-refractivity contribution is 5.70. The Morgan fingerprint density at radius 2 is 2.07 bits per heavy atom. The fourth-order valence-electron chi connectivity index (χ4n) is 1.33. The van der Waals surface area contributed by atoms with Crippen LogP contribution in [-0.4, -0.2) is 12.1 Å². The van der Waals surface area contributed by atoms with Crippen molar-refractivity contribution >= 4 is 6.09 Å². The number of benzene rings is 1. The fourth-order valence-corrected chi connectivity index (χ4v) is 1.33. The highest BCUT2D eigenvalue weighted by Crippen LogP contribution is 2.08. The molecule has 1 atom stereocenters. The van der Waals surface area contributed by atoms with Gasteiger partial charge in [-0.1, -0.05) is 31.5 Å². The molecule has 1 N–H and O–H groups in total. The Labute approximate surface area is 90.4 Å². The number of rotatable bonds is 4. The van der Waals surface area contributed by atoms with Crippen LogP contribution in [0, 0.1) is 0 Å². The zero-order chi connectivity index (χ0) is 11.1. The highest BCUT2D eigenvalue weighted by atomic mass is 16.6. The van der Waals surface area contributed by atoms with Gasteiger partial charge in [-0.25, -0.2) is 4.79 Å². The maximum atomic E-state index is 11.4. The summed E-state index contributed by atoms with van der Waals surface area (Å²) in [6.07, 6.45) is 1.62. The lowest BCUT2D eigenvalue weighted by Crippen LogP contribution is -2.34. The minimum absolute atomic E-state index is 0.159. The van der Waals surface area contributed by atoms with Crippen molar-refractivity contribution in [2.24, 2.45) is 0 Å². The molecular formula is C12H17NO2. The van der Waals surface area contributed by atoms with Crippen LogP contribution in [0.5, 0.6) is 5.75 Å². The number of ether oxygens (including phenoxy) is 1. The summed E-state index contributed by atoms with van der Waals surface area (Å²) in [4.78, 5) is 11.4.